The Labute approximate surface area is 469 Å². The Kier molecular flexibility index (Phi) is 32.9. The van der Waals surface area contributed by atoms with Gasteiger partial charge in [0.15, 0.2) is 5.82 Å². The lowest BCUT2D eigenvalue weighted by atomic mass is 10.2. The number of aromatic nitrogens is 11. The van der Waals surface area contributed by atoms with Gasteiger partial charge in [0.2, 0.25) is 0 Å². The molecule has 6 aromatic heterocycles. The number of rotatable bonds is 23. The van der Waals surface area contributed by atoms with Gasteiger partial charge in [-0.2, -0.15) is 29.2 Å². The number of ether oxygens (including phenoxy) is 6. The zero-order chi connectivity index (χ0) is 59.0. The van der Waals surface area contributed by atoms with Crippen LogP contribution in [-0.2, 0) is 123 Å². The van der Waals surface area contributed by atoms with Gasteiger partial charge in [-0.25, -0.2) is 19.7 Å². The molecule has 0 amide bonds. The topological polar surface area (TPSA) is 268 Å². The van der Waals surface area contributed by atoms with Crippen LogP contribution in [-0.4, -0.2) is 132 Å². The summed E-state index contributed by atoms with van der Waals surface area (Å²) in [5, 5.41) is 20.3. The second-order valence-corrected chi connectivity index (χ2v) is 19.6. The number of hydrogen-bond donors (Lipinski definition) is 0. The Bertz CT molecular complexity index is 2670. The van der Waals surface area contributed by atoms with Crippen molar-refractivity contribution in [2.24, 2.45) is 28.2 Å². The van der Waals surface area contributed by atoms with Gasteiger partial charge < -0.3 is 28.4 Å². The molecule has 0 aromatic carbocycles. The molecule has 0 unspecified atom stereocenters. The van der Waals surface area contributed by atoms with Crippen molar-refractivity contribution in [2.45, 2.75) is 114 Å². The Hall–Kier alpha value is -6.81. The summed E-state index contributed by atoms with van der Waals surface area (Å²) in [6, 6.07) is 2.04. The second kappa shape index (κ2) is 37.1. The standard InChI is InChI=1S/C9H11F2NO2S.2C9H14N2O2.C8H11BrN2O2.C8H11NO2S.C7H11N3O2/c1-4-14-8(13)9(10,11)7-5(2)15-6(3)12-7;1-7-8(2)11(3)10-9(7)4-5-13-6-12;1-8-6-9(10-11(8)2)4-3-5-13-7-12;1-6-8(9)7(10-11(6)2)3-4-13-5-12;1-3-11-8(10)4-7-5-12-6(2)9-7;1-6-8-7(9-10(6)2)3-4-12-5-11/h4H2,1-3H3;6H,4-5H2,1-3H3;6-7H,3-5H2,1-2H3;5H,3-4H2,1-2H3;2*5H,3-4H2,1-2H3. The Morgan fingerprint density at radius 1 is 0.641 bits per heavy atom. The smallest absolute Gasteiger partial charge is 0.385 e. The predicted octanol–water partition coefficient (Wildman–Crippen LogP) is 6.60. The molecular weight excluding hydrogens is 1130 g/mol. The number of thiazole rings is 2. The number of carbonyl (C=O) groups excluding carboxylic acids is 6. The molecule has 0 atom stereocenters. The van der Waals surface area contributed by atoms with Crippen molar-refractivity contribution in [2.75, 3.05) is 39.6 Å². The Morgan fingerprint density at radius 2 is 1.19 bits per heavy atom. The molecule has 78 heavy (non-hydrogen) atoms. The van der Waals surface area contributed by atoms with E-state index in [0.717, 1.165) is 79.3 Å². The van der Waals surface area contributed by atoms with E-state index in [1.807, 2.05) is 90.5 Å². The first-order chi connectivity index (χ1) is 36.9. The molecule has 0 aliphatic carbocycles. The highest BCUT2D eigenvalue weighted by Gasteiger charge is 2.46. The molecule has 0 fully saturated rings. The van der Waals surface area contributed by atoms with Crippen molar-refractivity contribution < 1.29 is 66.0 Å². The van der Waals surface area contributed by atoms with E-state index in [-0.39, 0.29) is 19.0 Å². The van der Waals surface area contributed by atoms with Crippen LogP contribution in [0.5, 0.6) is 0 Å². The highest BCUT2D eigenvalue weighted by molar-refractivity contribution is 9.10. The predicted molar refractivity (Wildman–Crippen MR) is 289 cm³/mol. The summed E-state index contributed by atoms with van der Waals surface area (Å²) in [5.41, 5.74) is 7.82. The zero-order valence-electron chi connectivity index (χ0n) is 46.7. The van der Waals surface area contributed by atoms with Crippen LogP contribution in [0.25, 0.3) is 0 Å². The molecule has 0 N–H and O–H groups in total. The number of nitrogens with zero attached hydrogens (tertiary/aromatic N) is 11. The van der Waals surface area contributed by atoms with Crippen molar-refractivity contribution in [1.82, 2.24) is 54.1 Å². The highest BCUT2D eigenvalue weighted by Crippen LogP contribution is 2.33. The second-order valence-electron chi connectivity index (χ2n) is 16.3. The molecule has 0 saturated carbocycles. The molecule has 432 valence electrons. The summed E-state index contributed by atoms with van der Waals surface area (Å²) in [5.74, 6) is -3.83. The first-order valence-corrected chi connectivity index (χ1v) is 26.7. The van der Waals surface area contributed by atoms with E-state index in [9.17, 15) is 37.5 Å². The van der Waals surface area contributed by atoms with Crippen LogP contribution in [0.3, 0.4) is 0 Å². The largest absolute Gasteiger partial charge is 0.468 e. The average molecular weight is 1200 g/mol. The van der Waals surface area contributed by atoms with E-state index in [2.05, 4.69) is 75.0 Å². The third-order valence-corrected chi connectivity index (χ3v) is 13.3. The molecule has 28 heteroatoms. The van der Waals surface area contributed by atoms with Crippen molar-refractivity contribution in [1.29, 1.82) is 0 Å². The molecule has 0 bridgehead atoms. The summed E-state index contributed by atoms with van der Waals surface area (Å²) in [6.45, 7) is 22.0. The van der Waals surface area contributed by atoms with Crippen LogP contribution in [0.2, 0.25) is 0 Å². The van der Waals surface area contributed by atoms with Gasteiger partial charge in [-0.3, -0.25) is 42.7 Å². The van der Waals surface area contributed by atoms with Crippen molar-refractivity contribution >= 4 is 76.4 Å². The minimum atomic E-state index is -3.65. The van der Waals surface area contributed by atoms with Crippen molar-refractivity contribution in [3.8, 4) is 0 Å². The lowest BCUT2D eigenvalue weighted by molar-refractivity contribution is -0.173. The third-order valence-electron chi connectivity index (χ3n) is 10.6. The van der Waals surface area contributed by atoms with Gasteiger partial charge in [0.25, 0.3) is 25.9 Å². The molecule has 6 heterocycles. The number of esters is 2. The maximum absolute atomic E-state index is 13.5. The number of aryl methyl sites for hydroxylation is 10. The van der Waals surface area contributed by atoms with Gasteiger partial charge >= 0.3 is 17.9 Å². The molecule has 0 radical (unpaired) electrons. The van der Waals surface area contributed by atoms with E-state index in [0.29, 0.717) is 93.9 Å². The molecule has 0 aliphatic heterocycles. The van der Waals surface area contributed by atoms with Crippen LogP contribution in [0.1, 0.15) is 97.9 Å². The molecule has 6 rings (SSSR count). The molecule has 0 aliphatic rings. The van der Waals surface area contributed by atoms with E-state index >= 15 is 0 Å². The van der Waals surface area contributed by atoms with E-state index in [4.69, 9.17) is 4.74 Å². The first-order valence-electron chi connectivity index (χ1n) is 24.2. The van der Waals surface area contributed by atoms with Crippen molar-refractivity contribution in [3.05, 3.63) is 93.6 Å². The number of alkyl halides is 2. The van der Waals surface area contributed by atoms with E-state index in [1.165, 1.54) is 19.4 Å². The fourth-order valence-corrected chi connectivity index (χ4v) is 8.20. The van der Waals surface area contributed by atoms with Crippen LogP contribution in [0.15, 0.2) is 15.9 Å². The maximum atomic E-state index is 13.5. The van der Waals surface area contributed by atoms with Crippen LogP contribution in [0.4, 0.5) is 8.78 Å². The lowest BCUT2D eigenvalue weighted by Gasteiger charge is -2.12. The Balaban J connectivity index is 0.000000469. The average Bonchev–Trinajstić information content (AvgIpc) is 4.23. The quantitative estimate of drug-likeness (QED) is 0.0283. The fourth-order valence-electron chi connectivity index (χ4n) is 6.20. The van der Waals surface area contributed by atoms with Gasteiger partial charge in [-0.05, 0) is 110 Å². The molecule has 23 nitrogen and oxygen atoms in total. The Morgan fingerprint density at radius 3 is 1.63 bits per heavy atom. The normalized spacial score (nSPS) is 10.3. The SMILES string of the molecule is CCOC(=O)C(F)(F)c1nc(C)sc1C.CCOC(=O)Cc1csc(C)n1.Cc1c(Br)c(CCOC=O)nn1C.Cc1c(CCOC=O)nn(C)c1C.Cc1cc(CCCOC=O)nn1C.Cc1nc(CCOC=O)nn1C. The minimum Gasteiger partial charge on any atom is -0.468 e. The van der Waals surface area contributed by atoms with Crippen molar-refractivity contribution in [3.63, 3.8) is 0 Å². The van der Waals surface area contributed by atoms with Gasteiger partial charge in [0, 0.05) is 74.8 Å². The maximum Gasteiger partial charge on any atom is 0.385 e. The highest BCUT2D eigenvalue weighted by atomic mass is 79.9. The monoisotopic (exact) mass is 1200 g/mol. The van der Waals surface area contributed by atoms with Gasteiger partial charge in [0.05, 0.1) is 83.3 Å². The van der Waals surface area contributed by atoms with Gasteiger partial charge in [0.1, 0.15) is 11.5 Å². The van der Waals surface area contributed by atoms with E-state index < -0.39 is 17.6 Å². The first kappa shape index (κ1) is 69.2. The van der Waals surface area contributed by atoms with Crippen LogP contribution in [0, 0.1) is 55.4 Å². The number of hydrogen-bond acceptors (Lipinski definition) is 21. The lowest BCUT2D eigenvalue weighted by Crippen LogP contribution is -2.29. The summed E-state index contributed by atoms with van der Waals surface area (Å²) in [7, 11) is 7.53. The molecular formula is C50H72BrF2N11O12S2. The summed E-state index contributed by atoms with van der Waals surface area (Å²) in [6.07, 6.45) is 3.87. The third kappa shape index (κ3) is 25.1. The van der Waals surface area contributed by atoms with Crippen LogP contribution >= 0.6 is 38.6 Å². The number of carbonyl (C=O) groups is 6. The molecule has 0 spiro atoms. The summed E-state index contributed by atoms with van der Waals surface area (Å²) < 4.78 is 62.5. The zero-order valence-corrected chi connectivity index (χ0v) is 49.9. The molecule has 0 saturated heterocycles. The number of halogens is 3. The van der Waals surface area contributed by atoms with Gasteiger partial charge in [-0.15, -0.1) is 22.7 Å². The summed E-state index contributed by atoms with van der Waals surface area (Å²) >= 11 is 6.10. The fraction of sp³-hybridized carbons (Fsp3) is 0.540. The minimum absolute atomic E-state index is 0.0728. The summed E-state index contributed by atoms with van der Waals surface area (Å²) in [4.78, 5) is 73.7. The molecule has 6 aromatic rings. The van der Waals surface area contributed by atoms with Crippen LogP contribution < -0.4 is 0 Å². The van der Waals surface area contributed by atoms with Gasteiger partial charge in [-0.1, -0.05) is 0 Å². The van der Waals surface area contributed by atoms with E-state index in [1.54, 1.807) is 34.5 Å².